The molecule has 0 radical (unpaired) electrons. The van der Waals surface area contributed by atoms with Crippen LogP contribution in [0, 0.1) is 0 Å². The van der Waals surface area contributed by atoms with Gasteiger partial charge in [0.2, 0.25) is 0 Å². The van der Waals surface area contributed by atoms with Crippen molar-refractivity contribution in [2.45, 2.75) is 38.3 Å². The molecule has 0 aromatic heterocycles. The van der Waals surface area contributed by atoms with Gasteiger partial charge in [-0.15, -0.1) is 0 Å². The molecule has 2 N–H and O–H groups in total. The molecule has 1 atom stereocenters. The average Bonchev–Trinajstić information content (AvgIpc) is 3.19. The molecule has 7 heteroatoms. The zero-order chi connectivity index (χ0) is 22.5. The van der Waals surface area contributed by atoms with E-state index in [0.717, 1.165) is 44.5 Å². The van der Waals surface area contributed by atoms with Gasteiger partial charge in [-0.2, -0.15) is 0 Å². The summed E-state index contributed by atoms with van der Waals surface area (Å²) in [5.41, 5.74) is 4.63. The molecule has 0 spiro atoms. The molecule has 2 heterocycles. The molecule has 1 fully saturated rings. The number of hydrogen-bond donors (Lipinski definition) is 2. The topological polar surface area (TPSA) is 64.7 Å². The van der Waals surface area contributed by atoms with Gasteiger partial charge in [0.05, 0.1) is 6.04 Å². The third-order valence-electron chi connectivity index (χ3n) is 6.51. The van der Waals surface area contributed by atoms with Gasteiger partial charge in [-0.05, 0) is 61.2 Å². The number of halogens is 1. The third-order valence-corrected chi connectivity index (χ3v) is 6.88. The Morgan fingerprint density at radius 2 is 1.75 bits per heavy atom. The Balaban J connectivity index is 1.40. The summed E-state index contributed by atoms with van der Waals surface area (Å²) >= 11 is 6.13. The van der Waals surface area contributed by atoms with E-state index >= 15 is 0 Å². The molecule has 2 aromatic rings. The normalized spacial score (nSPS) is 17.0. The number of rotatable bonds is 6. The summed E-state index contributed by atoms with van der Waals surface area (Å²) in [6, 6.07) is 14.0. The van der Waals surface area contributed by atoms with Crippen molar-refractivity contribution in [3.8, 4) is 0 Å². The summed E-state index contributed by atoms with van der Waals surface area (Å²) in [7, 11) is 2.12. The lowest BCUT2D eigenvalue weighted by Gasteiger charge is -2.35. The molecule has 2 aromatic carbocycles. The van der Waals surface area contributed by atoms with E-state index < -0.39 is 11.8 Å². The van der Waals surface area contributed by atoms with Gasteiger partial charge in [0.25, 0.3) is 0 Å². The van der Waals surface area contributed by atoms with Crippen molar-refractivity contribution in [1.82, 2.24) is 15.5 Å². The van der Waals surface area contributed by atoms with Crippen LogP contribution in [0.25, 0.3) is 0 Å². The fourth-order valence-corrected chi connectivity index (χ4v) is 4.85. The average molecular weight is 455 g/mol. The van der Waals surface area contributed by atoms with Crippen molar-refractivity contribution < 1.29 is 9.59 Å². The van der Waals surface area contributed by atoms with Crippen LogP contribution in [0.4, 0.5) is 5.69 Å². The number of fused-ring (bicyclic) bond motifs is 1. The van der Waals surface area contributed by atoms with Crippen LogP contribution in [0.2, 0.25) is 5.02 Å². The zero-order valence-electron chi connectivity index (χ0n) is 18.6. The highest BCUT2D eigenvalue weighted by molar-refractivity contribution is 6.35. The summed E-state index contributed by atoms with van der Waals surface area (Å²) in [5.74, 6) is -1.25. The van der Waals surface area contributed by atoms with Crippen molar-refractivity contribution >= 4 is 29.1 Å². The molecule has 2 aliphatic heterocycles. The van der Waals surface area contributed by atoms with Crippen LogP contribution in [-0.4, -0.2) is 49.9 Å². The SMILES string of the molecule is CN1CCc2cc([C@H](CNC(=O)C(=O)NCc3ccccc3Cl)N3CCCCC3)ccc21. The van der Waals surface area contributed by atoms with E-state index in [0.29, 0.717) is 11.6 Å². The quantitative estimate of drug-likeness (QED) is 0.657. The number of nitrogens with zero attached hydrogens (tertiary/aromatic N) is 2. The number of likely N-dealkylation sites (tertiary alicyclic amines) is 1. The van der Waals surface area contributed by atoms with Crippen LogP contribution >= 0.6 is 11.6 Å². The summed E-state index contributed by atoms with van der Waals surface area (Å²) in [6.07, 6.45) is 4.62. The number of piperidine rings is 1. The number of anilines is 1. The highest BCUT2D eigenvalue weighted by Crippen LogP contribution is 2.32. The predicted molar refractivity (Wildman–Crippen MR) is 128 cm³/mol. The molecule has 32 heavy (non-hydrogen) atoms. The second-order valence-corrected chi connectivity index (χ2v) is 9.06. The van der Waals surface area contributed by atoms with Gasteiger partial charge in [0.1, 0.15) is 0 Å². The van der Waals surface area contributed by atoms with Gasteiger partial charge >= 0.3 is 11.8 Å². The second kappa shape index (κ2) is 10.4. The molecule has 6 nitrogen and oxygen atoms in total. The number of likely N-dealkylation sites (N-methyl/N-ethyl adjacent to an activating group) is 1. The first kappa shape index (κ1) is 22.6. The molecule has 0 saturated carbocycles. The number of nitrogens with one attached hydrogen (secondary N) is 2. The molecule has 0 aliphatic carbocycles. The Kier molecular flexibility index (Phi) is 7.33. The fraction of sp³-hybridized carbons (Fsp3) is 0.440. The van der Waals surface area contributed by atoms with Gasteiger partial charge in [-0.25, -0.2) is 0 Å². The standard InChI is InChI=1S/C25H31ClN4O2/c1-29-14-11-19-15-18(9-10-22(19)29)23(30-12-5-2-6-13-30)17-28-25(32)24(31)27-16-20-7-3-4-8-21(20)26/h3-4,7-10,15,23H,2,5-6,11-14,16-17H2,1H3,(H,27,31)(H,28,32)/t23-/m0/s1. The molecule has 1 saturated heterocycles. The number of hydrogen-bond acceptors (Lipinski definition) is 4. The third kappa shape index (κ3) is 5.25. The van der Waals surface area contributed by atoms with Crippen LogP contribution in [0.15, 0.2) is 42.5 Å². The second-order valence-electron chi connectivity index (χ2n) is 8.66. The van der Waals surface area contributed by atoms with E-state index in [-0.39, 0.29) is 12.6 Å². The van der Waals surface area contributed by atoms with E-state index in [1.807, 2.05) is 18.2 Å². The lowest BCUT2D eigenvalue weighted by molar-refractivity contribution is -0.139. The van der Waals surface area contributed by atoms with Crippen molar-refractivity contribution in [2.24, 2.45) is 0 Å². The first-order valence-electron chi connectivity index (χ1n) is 11.4. The van der Waals surface area contributed by atoms with Crippen LogP contribution in [0.1, 0.15) is 42.0 Å². The van der Waals surface area contributed by atoms with Crippen molar-refractivity contribution in [2.75, 3.05) is 38.1 Å². The molecular formula is C25H31ClN4O2. The summed E-state index contributed by atoms with van der Waals surface area (Å²) < 4.78 is 0. The minimum atomic E-state index is -0.641. The summed E-state index contributed by atoms with van der Waals surface area (Å²) in [5, 5.41) is 6.11. The Morgan fingerprint density at radius 3 is 2.53 bits per heavy atom. The molecule has 4 rings (SSSR count). The Morgan fingerprint density at radius 1 is 1.00 bits per heavy atom. The Bertz CT molecular complexity index is 974. The van der Waals surface area contributed by atoms with Gasteiger partial charge in [-0.3, -0.25) is 14.5 Å². The minimum Gasteiger partial charge on any atom is -0.374 e. The lowest BCUT2D eigenvalue weighted by atomic mass is 9.98. The molecule has 2 amide bonds. The maximum atomic E-state index is 12.5. The van der Waals surface area contributed by atoms with Gasteiger partial charge in [0, 0.05) is 37.4 Å². The molecular weight excluding hydrogens is 424 g/mol. The van der Waals surface area contributed by atoms with E-state index in [9.17, 15) is 9.59 Å². The number of amides is 2. The Labute approximate surface area is 194 Å². The maximum Gasteiger partial charge on any atom is 0.309 e. The van der Waals surface area contributed by atoms with Gasteiger partial charge in [0.15, 0.2) is 0 Å². The monoisotopic (exact) mass is 454 g/mol. The highest BCUT2D eigenvalue weighted by Gasteiger charge is 2.26. The van der Waals surface area contributed by atoms with E-state index in [1.165, 1.54) is 23.2 Å². The number of benzene rings is 2. The molecule has 0 bridgehead atoms. The van der Waals surface area contributed by atoms with E-state index in [2.05, 4.69) is 45.7 Å². The van der Waals surface area contributed by atoms with Gasteiger partial charge in [-0.1, -0.05) is 48.4 Å². The Hall–Kier alpha value is -2.57. The van der Waals surface area contributed by atoms with E-state index in [1.54, 1.807) is 6.07 Å². The van der Waals surface area contributed by atoms with Crippen molar-refractivity contribution in [1.29, 1.82) is 0 Å². The molecule has 2 aliphatic rings. The summed E-state index contributed by atoms with van der Waals surface area (Å²) in [4.78, 5) is 29.6. The van der Waals surface area contributed by atoms with Crippen LogP contribution in [0.3, 0.4) is 0 Å². The smallest absolute Gasteiger partial charge is 0.309 e. The number of carbonyl (C=O) groups is 2. The first-order chi connectivity index (χ1) is 15.5. The van der Waals surface area contributed by atoms with Crippen molar-refractivity contribution in [3.05, 3.63) is 64.2 Å². The first-order valence-corrected chi connectivity index (χ1v) is 11.8. The zero-order valence-corrected chi connectivity index (χ0v) is 19.3. The predicted octanol–water partition coefficient (Wildman–Crippen LogP) is 3.29. The largest absolute Gasteiger partial charge is 0.374 e. The van der Waals surface area contributed by atoms with Crippen LogP contribution in [0.5, 0.6) is 0 Å². The van der Waals surface area contributed by atoms with Crippen LogP contribution in [-0.2, 0) is 22.6 Å². The maximum absolute atomic E-state index is 12.5. The van der Waals surface area contributed by atoms with Crippen LogP contribution < -0.4 is 15.5 Å². The number of carbonyl (C=O) groups excluding carboxylic acids is 2. The van der Waals surface area contributed by atoms with Crippen molar-refractivity contribution in [3.63, 3.8) is 0 Å². The fourth-order valence-electron chi connectivity index (χ4n) is 4.65. The van der Waals surface area contributed by atoms with Gasteiger partial charge < -0.3 is 15.5 Å². The van der Waals surface area contributed by atoms with E-state index in [4.69, 9.17) is 11.6 Å². The lowest BCUT2D eigenvalue weighted by Crippen LogP contribution is -2.45. The highest BCUT2D eigenvalue weighted by atomic mass is 35.5. The minimum absolute atomic E-state index is 0.0619. The summed E-state index contributed by atoms with van der Waals surface area (Å²) in [6.45, 7) is 3.69. The molecule has 0 unspecified atom stereocenters. The molecule has 170 valence electrons.